The SMILES string of the molecule is Cc1nc(C)c(CC(=O)NCc2cc(C3CC3)n[nH]2)c(=O)[nH]1. The highest BCUT2D eigenvalue weighted by Gasteiger charge is 2.26. The maximum atomic E-state index is 12.0. The first kappa shape index (κ1) is 14.5. The number of rotatable bonds is 5. The van der Waals surface area contributed by atoms with E-state index in [1.807, 2.05) is 6.07 Å². The summed E-state index contributed by atoms with van der Waals surface area (Å²) in [5.41, 5.74) is 2.69. The Morgan fingerprint density at radius 1 is 1.41 bits per heavy atom. The van der Waals surface area contributed by atoms with Crippen LogP contribution in [0.25, 0.3) is 0 Å². The van der Waals surface area contributed by atoms with Crippen LogP contribution in [-0.4, -0.2) is 26.1 Å². The zero-order valence-corrected chi connectivity index (χ0v) is 12.7. The fourth-order valence-corrected chi connectivity index (χ4v) is 2.43. The largest absolute Gasteiger partial charge is 0.350 e. The monoisotopic (exact) mass is 301 g/mol. The number of nitrogens with zero attached hydrogens (tertiary/aromatic N) is 2. The number of hydrogen-bond acceptors (Lipinski definition) is 4. The first-order chi connectivity index (χ1) is 10.5. The molecule has 0 aliphatic heterocycles. The number of hydrogen-bond donors (Lipinski definition) is 3. The fraction of sp³-hybridized carbons (Fsp3) is 0.467. The van der Waals surface area contributed by atoms with Gasteiger partial charge in [-0.05, 0) is 32.8 Å². The van der Waals surface area contributed by atoms with Gasteiger partial charge in [-0.15, -0.1) is 0 Å². The number of aromatic amines is 2. The number of nitrogens with one attached hydrogen (secondary N) is 3. The summed E-state index contributed by atoms with van der Waals surface area (Å²) in [5.74, 6) is 0.930. The fourth-order valence-electron chi connectivity index (χ4n) is 2.43. The minimum Gasteiger partial charge on any atom is -0.350 e. The number of carbonyl (C=O) groups is 1. The highest BCUT2D eigenvalue weighted by Crippen LogP contribution is 2.38. The molecule has 7 nitrogen and oxygen atoms in total. The van der Waals surface area contributed by atoms with E-state index in [9.17, 15) is 9.59 Å². The van der Waals surface area contributed by atoms with Gasteiger partial charge >= 0.3 is 0 Å². The van der Waals surface area contributed by atoms with Crippen molar-refractivity contribution in [2.24, 2.45) is 0 Å². The second-order valence-electron chi connectivity index (χ2n) is 5.76. The Morgan fingerprint density at radius 2 is 2.18 bits per heavy atom. The molecule has 1 saturated carbocycles. The van der Waals surface area contributed by atoms with Gasteiger partial charge in [0.2, 0.25) is 5.91 Å². The van der Waals surface area contributed by atoms with Crippen molar-refractivity contribution in [3.05, 3.63) is 44.9 Å². The Morgan fingerprint density at radius 3 is 2.86 bits per heavy atom. The molecule has 1 fully saturated rings. The van der Waals surface area contributed by atoms with E-state index in [4.69, 9.17) is 0 Å². The van der Waals surface area contributed by atoms with E-state index in [1.54, 1.807) is 13.8 Å². The Labute approximate surface area is 127 Å². The van der Waals surface area contributed by atoms with E-state index in [-0.39, 0.29) is 17.9 Å². The minimum atomic E-state index is -0.252. The van der Waals surface area contributed by atoms with Crippen molar-refractivity contribution in [1.29, 1.82) is 0 Å². The summed E-state index contributed by atoms with van der Waals surface area (Å²) in [6, 6.07) is 1.99. The summed E-state index contributed by atoms with van der Waals surface area (Å²) < 4.78 is 0. The number of aromatic nitrogens is 4. The van der Waals surface area contributed by atoms with Gasteiger partial charge in [-0.3, -0.25) is 14.7 Å². The molecule has 0 bridgehead atoms. The number of amides is 1. The molecule has 22 heavy (non-hydrogen) atoms. The number of aryl methyl sites for hydroxylation is 2. The molecular formula is C15H19N5O2. The van der Waals surface area contributed by atoms with Crippen LogP contribution in [0.2, 0.25) is 0 Å². The summed E-state index contributed by atoms with van der Waals surface area (Å²) in [6.07, 6.45) is 2.41. The highest BCUT2D eigenvalue weighted by molar-refractivity contribution is 5.78. The highest BCUT2D eigenvalue weighted by atomic mass is 16.2. The van der Waals surface area contributed by atoms with Crippen molar-refractivity contribution < 1.29 is 4.79 Å². The lowest BCUT2D eigenvalue weighted by Gasteiger charge is -2.06. The second-order valence-corrected chi connectivity index (χ2v) is 5.76. The van der Waals surface area contributed by atoms with Gasteiger partial charge in [0.15, 0.2) is 0 Å². The van der Waals surface area contributed by atoms with Gasteiger partial charge in [-0.25, -0.2) is 4.98 Å². The average Bonchev–Trinajstić information content (AvgIpc) is 3.20. The Bertz CT molecular complexity index is 758. The standard InChI is InChI=1S/C15H19N5O2/c1-8-12(15(22)18-9(2)17-8)6-14(21)16-7-11-5-13(20-19-11)10-3-4-10/h5,10H,3-4,6-7H2,1-2H3,(H,16,21)(H,19,20)(H,17,18,22). The van der Waals surface area contributed by atoms with Gasteiger partial charge in [0.25, 0.3) is 5.56 Å². The summed E-state index contributed by atoms with van der Waals surface area (Å²) in [6.45, 7) is 3.84. The Hall–Kier alpha value is -2.44. The maximum Gasteiger partial charge on any atom is 0.254 e. The second kappa shape index (κ2) is 5.75. The quantitative estimate of drug-likeness (QED) is 0.761. The summed E-state index contributed by atoms with van der Waals surface area (Å²) in [7, 11) is 0. The lowest BCUT2D eigenvalue weighted by atomic mass is 10.1. The lowest BCUT2D eigenvalue weighted by Crippen LogP contribution is -2.29. The number of H-pyrrole nitrogens is 2. The molecule has 0 saturated heterocycles. The van der Waals surface area contributed by atoms with Gasteiger partial charge in [-0.1, -0.05) is 0 Å². The van der Waals surface area contributed by atoms with Crippen LogP contribution in [0, 0.1) is 13.8 Å². The molecule has 116 valence electrons. The van der Waals surface area contributed by atoms with Gasteiger partial charge in [0.1, 0.15) is 5.82 Å². The predicted octanol–water partition coefficient (Wildman–Crippen LogP) is 0.846. The third-order valence-electron chi connectivity index (χ3n) is 3.80. The van der Waals surface area contributed by atoms with E-state index in [0.29, 0.717) is 29.5 Å². The van der Waals surface area contributed by atoms with Gasteiger partial charge in [-0.2, -0.15) is 5.10 Å². The summed E-state index contributed by atoms with van der Waals surface area (Å²) in [5, 5.41) is 9.97. The van der Waals surface area contributed by atoms with Crippen LogP contribution in [0.1, 0.15) is 47.2 Å². The van der Waals surface area contributed by atoms with E-state index in [1.165, 1.54) is 12.8 Å². The predicted molar refractivity (Wildman–Crippen MR) is 80.4 cm³/mol. The molecule has 0 aromatic carbocycles. The van der Waals surface area contributed by atoms with E-state index in [0.717, 1.165) is 11.4 Å². The molecule has 1 aliphatic carbocycles. The van der Waals surface area contributed by atoms with Crippen LogP contribution in [0.4, 0.5) is 0 Å². The van der Waals surface area contributed by atoms with Crippen LogP contribution >= 0.6 is 0 Å². The number of carbonyl (C=O) groups excluding carboxylic acids is 1. The Kier molecular flexibility index (Phi) is 3.79. The molecule has 2 heterocycles. The zero-order chi connectivity index (χ0) is 15.7. The maximum absolute atomic E-state index is 12.0. The van der Waals surface area contributed by atoms with Crippen molar-refractivity contribution >= 4 is 5.91 Å². The molecule has 1 amide bonds. The summed E-state index contributed by atoms with van der Waals surface area (Å²) in [4.78, 5) is 30.7. The molecule has 7 heteroatoms. The molecule has 0 spiro atoms. The molecule has 2 aromatic heterocycles. The topological polar surface area (TPSA) is 104 Å². The molecule has 1 aliphatic rings. The zero-order valence-electron chi connectivity index (χ0n) is 12.7. The van der Waals surface area contributed by atoms with Crippen LogP contribution in [-0.2, 0) is 17.8 Å². The minimum absolute atomic E-state index is 0.0259. The van der Waals surface area contributed by atoms with Crippen molar-refractivity contribution in [1.82, 2.24) is 25.5 Å². The van der Waals surface area contributed by atoms with Gasteiger partial charge in [0, 0.05) is 17.2 Å². The smallest absolute Gasteiger partial charge is 0.254 e. The van der Waals surface area contributed by atoms with Crippen LogP contribution in [0.3, 0.4) is 0 Å². The van der Waals surface area contributed by atoms with Crippen molar-refractivity contribution in [2.45, 2.75) is 45.6 Å². The Balaban J connectivity index is 1.59. The molecule has 3 rings (SSSR count). The first-order valence-electron chi connectivity index (χ1n) is 7.40. The van der Waals surface area contributed by atoms with Crippen LogP contribution < -0.4 is 10.9 Å². The van der Waals surface area contributed by atoms with E-state index < -0.39 is 0 Å². The van der Waals surface area contributed by atoms with Crippen LogP contribution in [0.15, 0.2) is 10.9 Å². The molecule has 0 unspecified atom stereocenters. The third kappa shape index (κ3) is 3.24. The van der Waals surface area contributed by atoms with E-state index in [2.05, 4.69) is 25.5 Å². The average molecular weight is 301 g/mol. The molecule has 3 N–H and O–H groups in total. The molecular weight excluding hydrogens is 282 g/mol. The van der Waals surface area contributed by atoms with Gasteiger partial charge < -0.3 is 10.3 Å². The van der Waals surface area contributed by atoms with Crippen molar-refractivity contribution in [3.8, 4) is 0 Å². The normalized spacial score (nSPS) is 14.1. The van der Waals surface area contributed by atoms with Crippen LogP contribution in [0.5, 0.6) is 0 Å². The summed E-state index contributed by atoms with van der Waals surface area (Å²) >= 11 is 0. The lowest BCUT2D eigenvalue weighted by molar-refractivity contribution is -0.120. The van der Waals surface area contributed by atoms with E-state index >= 15 is 0 Å². The van der Waals surface area contributed by atoms with Crippen molar-refractivity contribution in [3.63, 3.8) is 0 Å². The third-order valence-corrected chi connectivity index (χ3v) is 3.80. The molecule has 0 radical (unpaired) electrons. The molecule has 2 aromatic rings. The first-order valence-corrected chi connectivity index (χ1v) is 7.40. The molecule has 0 atom stereocenters. The van der Waals surface area contributed by atoms with Crippen molar-refractivity contribution in [2.75, 3.05) is 0 Å². The van der Waals surface area contributed by atoms with Gasteiger partial charge in [0.05, 0.1) is 24.4 Å².